The van der Waals surface area contributed by atoms with Crippen LogP contribution in [-0.4, -0.2) is 21.9 Å². The molecule has 0 fully saturated rings. The van der Waals surface area contributed by atoms with Crippen LogP contribution < -0.4 is 5.32 Å². The second-order valence-corrected chi connectivity index (χ2v) is 7.83. The number of hydrogen-bond donors (Lipinski definition) is 1. The van der Waals surface area contributed by atoms with E-state index in [2.05, 4.69) is 10.4 Å². The molecular weight excluding hydrogens is 373 g/mol. The molecule has 4 rings (SSSR count). The smallest absolute Gasteiger partial charge is 0.224 e. The molecule has 1 atom stereocenters. The fraction of sp³-hybridized carbons (Fsp3) is 0.273. The molecule has 4 nitrogen and oxygen atoms in total. The molecule has 0 saturated carbocycles. The lowest BCUT2D eigenvalue weighted by Gasteiger charge is -2.24. The fourth-order valence-corrected chi connectivity index (χ4v) is 4.12. The first-order chi connectivity index (χ1) is 13.7. The minimum atomic E-state index is -0.298. The summed E-state index contributed by atoms with van der Waals surface area (Å²) in [6.45, 7) is 0. The van der Waals surface area contributed by atoms with Crippen LogP contribution in [0, 0.1) is 5.82 Å². The van der Waals surface area contributed by atoms with Gasteiger partial charge in [-0.05, 0) is 55.3 Å². The summed E-state index contributed by atoms with van der Waals surface area (Å²) in [5, 5.41) is 7.55. The van der Waals surface area contributed by atoms with Crippen molar-refractivity contribution in [2.75, 3.05) is 6.26 Å². The number of nitrogens with one attached hydrogen (secondary N) is 1. The second kappa shape index (κ2) is 8.19. The van der Waals surface area contributed by atoms with Crippen LogP contribution in [0.5, 0.6) is 0 Å². The van der Waals surface area contributed by atoms with Crippen molar-refractivity contribution in [3.8, 4) is 5.69 Å². The number of amides is 1. The van der Waals surface area contributed by atoms with Gasteiger partial charge < -0.3 is 5.32 Å². The van der Waals surface area contributed by atoms with E-state index in [0.717, 1.165) is 36.1 Å². The van der Waals surface area contributed by atoms with Gasteiger partial charge in [0.15, 0.2) is 0 Å². The first-order valence-electron chi connectivity index (χ1n) is 9.39. The third-order valence-corrected chi connectivity index (χ3v) is 5.87. The van der Waals surface area contributed by atoms with E-state index in [1.54, 1.807) is 40.8 Å². The lowest BCUT2D eigenvalue weighted by Crippen LogP contribution is -2.32. The summed E-state index contributed by atoms with van der Waals surface area (Å²) in [5.41, 5.74) is 3.41. The maximum Gasteiger partial charge on any atom is 0.224 e. The largest absolute Gasteiger partial charge is 0.349 e. The zero-order valence-corrected chi connectivity index (χ0v) is 16.5. The number of carbonyl (C=O) groups excluding carboxylic acids is 1. The topological polar surface area (TPSA) is 46.9 Å². The van der Waals surface area contributed by atoms with Gasteiger partial charge in [0.2, 0.25) is 5.91 Å². The van der Waals surface area contributed by atoms with Crippen LogP contribution in [0.25, 0.3) is 5.69 Å². The van der Waals surface area contributed by atoms with Crippen molar-refractivity contribution >= 4 is 17.7 Å². The quantitative estimate of drug-likeness (QED) is 0.649. The number of nitrogens with zero attached hydrogens (tertiary/aromatic N) is 2. The molecule has 1 aliphatic rings. The van der Waals surface area contributed by atoms with Gasteiger partial charge in [0, 0.05) is 16.2 Å². The van der Waals surface area contributed by atoms with E-state index in [4.69, 9.17) is 0 Å². The van der Waals surface area contributed by atoms with Crippen LogP contribution in [0.2, 0.25) is 0 Å². The molecule has 1 N–H and O–H groups in total. The third kappa shape index (κ3) is 3.83. The van der Waals surface area contributed by atoms with Crippen LogP contribution in [0.1, 0.15) is 35.7 Å². The summed E-state index contributed by atoms with van der Waals surface area (Å²) >= 11 is 1.68. The molecule has 3 aromatic rings. The van der Waals surface area contributed by atoms with Crippen LogP contribution in [0.15, 0.2) is 59.6 Å². The maximum atomic E-state index is 14.2. The molecule has 28 heavy (non-hydrogen) atoms. The monoisotopic (exact) mass is 395 g/mol. The Kier molecular flexibility index (Phi) is 5.48. The molecule has 0 radical (unpaired) electrons. The van der Waals surface area contributed by atoms with Crippen LogP contribution in [0.3, 0.4) is 0 Å². The molecule has 144 valence electrons. The molecule has 6 heteroatoms. The van der Waals surface area contributed by atoms with Crippen molar-refractivity contribution in [2.24, 2.45) is 0 Å². The summed E-state index contributed by atoms with van der Waals surface area (Å²) < 4.78 is 15.9. The highest BCUT2D eigenvalue weighted by atomic mass is 32.2. The molecule has 0 aliphatic heterocycles. The number of hydrogen-bond acceptors (Lipinski definition) is 3. The van der Waals surface area contributed by atoms with Crippen molar-refractivity contribution in [1.82, 2.24) is 15.1 Å². The first kappa shape index (κ1) is 18.7. The summed E-state index contributed by atoms with van der Waals surface area (Å²) in [6.07, 6.45) is 6.77. The number of benzene rings is 2. The Balaban J connectivity index is 1.50. The van der Waals surface area contributed by atoms with Crippen molar-refractivity contribution in [2.45, 2.75) is 36.6 Å². The summed E-state index contributed by atoms with van der Waals surface area (Å²) in [4.78, 5) is 13.8. The van der Waals surface area contributed by atoms with Gasteiger partial charge in [-0.25, -0.2) is 9.07 Å². The molecular formula is C22H22FN3OS. The lowest BCUT2D eigenvalue weighted by atomic mass is 9.92. The van der Waals surface area contributed by atoms with Crippen molar-refractivity contribution in [1.29, 1.82) is 0 Å². The summed E-state index contributed by atoms with van der Waals surface area (Å²) in [6, 6.07) is 14.6. The molecule has 0 saturated heterocycles. The van der Waals surface area contributed by atoms with Gasteiger partial charge in [-0.3, -0.25) is 4.79 Å². The first-order valence-corrected chi connectivity index (χ1v) is 10.6. The van der Waals surface area contributed by atoms with Gasteiger partial charge in [-0.15, -0.1) is 11.8 Å². The Morgan fingerprint density at radius 2 is 2.04 bits per heavy atom. The Morgan fingerprint density at radius 3 is 2.79 bits per heavy atom. The van der Waals surface area contributed by atoms with Crippen molar-refractivity contribution < 1.29 is 9.18 Å². The third-order valence-electron chi connectivity index (χ3n) is 5.12. The summed E-state index contributed by atoms with van der Waals surface area (Å²) in [5.74, 6) is -0.304. The minimum absolute atomic E-state index is 0.00612. The molecule has 2 aromatic carbocycles. The Morgan fingerprint density at radius 1 is 1.25 bits per heavy atom. The van der Waals surface area contributed by atoms with E-state index in [9.17, 15) is 9.18 Å². The number of carbonyl (C=O) groups is 1. The lowest BCUT2D eigenvalue weighted by molar-refractivity contribution is -0.121. The number of thioether (sulfide) groups is 1. The zero-order valence-electron chi connectivity index (χ0n) is 15.7. The molecule has 1 heterocycles. The highest BCUT2D eigenvalue weighted by molar-refractivity contribution is 7.98. The van der Waals surface area contributed by atoms with Gasteiger partial charge in [0.1, 0.15) is 11.5 Å². The number of halogens is 1. The van der Waals surface area contributed by atoms with Gasteiger partial charge in [0.05, 0.1) is 18.7 Å². The average molecular weight is 396 g/mol. The van der Waals surface area contributed by atoms with Crippen LogP contribution in [-0.2, 0) is 17.6 Å². The van der Waals surface area contributed by atoms with E-state index in [0.29, 0.717) is 12.1 Å². The molecule has 1 aliphatic carbocycles. The second-order valence-electron chi connectivity index (χ2n) is 6.95. The van der Waals surface area contributed by atoms with Crippen LogP contribution in [0.4, 0.5) is 4.39 Å². The number of aromatic nitrogens is 2. The molecule has 0 bridgehead atoms. The Labute approximate surface area is 168 Å². The summed E-state index contributed by atoms with van der Waals surface area (Å²) in [7, 11) is 0. The molecule has 1 aromatic heterocycles. The normalized spacial score (nSPS) is 15.9. The van der Waals surface area contributed by atoms with Crippen LogP contribution >= 0.6 is 11.8 Å². The number of para-hydroxylation sites is 1. The Hall–Kier alpha value is -2.60. The zero-order chi connectivity index (χ0) is 19.5. The maximum absolute atomic E-state index is 14.2. The molecule has 0 spiro atoms. The van der Waals surface area contributed by atoms with Gasteiger partial charge in [-0.1, -0.05) is 24.3 Å². The number of rotatable bonds is 5. The minimum Gasteiger partial charge on any atom is -0.349 e. The predicted octanol–water partition coefficient (Wildman–Crippen LogP) is 4.47. The molecule has 1 unspecified atom stereocenters. The van der Waals surface area contributed by atoms with Gasteiger partial charge >= 0.3 is 0 Å². The van der Waals surface area contributed by atoms with Crippen molar-refractivity contribution in [3.63, 3.8) is 0 Å². The SMILES string of the molecule is CSc1ccc(CC(=O)NC2CCCc3c2cnn3-c2ccccc2F)cc1. The number of fused-ring (bicyclic) bond motifs is 1. The van der Waals surface area contributed by atoms with E-state index >= 15 is 0 Å². The van der Waals surface area contributed by atoms with E-state index in [1.165, 1.54) is 11.0 Å². The average Bonchev–Trinajstić information content (AvgIpc) is 3.14. The van der Waals surface area contributed by atoms with Gasteiger partial charge in [-0.2, -0.15) is 5.10 Å². The highest BCUT2D eigenvalue weighted by Crippen LogP contribution is 2.31. The Bertz CT molecular complexity index is 984. The van der Waals surface area contributed by atoms with E-state index in [-0.39, 0.29) is 17.8 Å². The highest BCUT2D eigenvalue weighted by Gasteiger charge is 2.26. The van der Waals surface area contributed by atoms with E-state index in [1.807, 2.05) is 30.5 Å². The van der Waals surface area contributed by atoms with Crippen molar-refractivity contribution in [3.05, 3.63) is 77.4 Å². The fourth-order valence-electron chi connectivity index (χ4n) is 3.71. The van der Waals surface area contributed by atoms with Gasteiger partial charge in [0.25, 0.3) is 0 Å². The molecule has 1 amide bonds. The predicted molar refractivity (Wildman–Crippen MR) is 109 cm³/mol. The van der Waals surface area contributed by atoms with E-state index < -0.39 is 0 Å². The standard InChI is InChI=1S/C22H22FN3OS/c1-28-16-11-9-15(10-12-16)13-22(27)25-19-6-4-8-20-17(19)14-24-26(20)21-7-3-2-5-18(21)23/h2-3,5,7,9-12,14,19H,4,6,8,13H2,1H3,(H,25,27).